The van der Waals surface area contributed by atoms with Crippen LogP contribution in [-0.2, 0) is 19.1 Å². The normalized spacial score (nSPS) is 13.4. The predicted octanol–water partition coefficient (Wildman–Crippen LogP) is 9.97. The summed E-state index contributed by atoms with van der Waals surface area (Å²) in [5.74, 6) is -1.62. The van der Waals surface area contributed by atoms with E-state index >= 15 is 0 Å². The fourth-order valence-corrected chi connectivity index (χ4v) is 12.8. The minimum absolute atomic E-state index is 0.303. The molecule has 0 saturated carbocycles. The van der Waals surface area contributed by atoms with E-state index in [4.69, 9.17) is 36.9 Å². The average molecular weight is 1500 g/mol. The molecule has 112 heavy (non-hydrogen) atoms. The Morgan fingerprint density at radius 2 is 0.741 bits per heavy atom. The van der Waals surface area contributed by atoms with Crippen molar-refractivity contribution in [1.29, 1.82) is 0 Å². The zero-order valence-corrected chi connectivity index (χ0v) is 61.1. The largest absolute Gasteiger partial charge is 0.378 e. The van der Waals surface area contributed by atoms with Gasteiger partial charge in [0, 0.05) is 170 Å². The number of hydrogen-bond acceptors (Lipinski definition) is 24. The van der Waals surface area contributed by atoms with Crippen LogP contribution in [0.5, 0.6) is 0 Å². The van der Waals surface area contributed by atoms with Crippen LogP contribution in [0, 0.1) is 0 Å². The van der Waals surface area contributed by atoms with Crippen molar-refractivity contribution in [2.75, 3.05) is 132 Å². The van der Waals surface area contributed by atoms with Crippen molar-refractivity contribution < 1.29 is 33.5 Å². The zero-order valence-electron chi connectivity index (χ0n) is 61.1. The highest BCUT2D eigenvalue weighted by Crippen LogP contribution is 2.35. The number of primary amides is 3. The lowest BCUT2D eigenvalue weighted by Crippen LogP contribution is -2.44. The Hall–Kier alpha value is -14.5. The van der Waals surface area contributed by atoms with Gasteiger partial charge in [0.2, 0.25) is 35.6 Å². The van der Waals surface area contributed by atoms with Crippen molar-refractivity contribution >= 4 is 137 Å². The molecule has 0 spiro atoms. The highest BCUT2D eigenvalue weighted by atomic mass is 16.5. The Morgan fingerprint density at radius 1 is 0.411 bits per heavy atom. The van der Waals surface area contributed by atoms with Gasteiger partial charge in [0.25, 0.3) is 17.7 Å². The number of fused-ring (bicyclic) bond motifs is 3. The number of amides is 6. The molecule has 3 saturated heterocycles. The van der Waals surface area contributed by atoms with E-state index in [0.29, 0.717) is 116 Å². The lowest BCUT2D eigenvalue weighted by Gasteiger charge is -2.34. The van der Waals surface area contributed by atoms with E-state index < -0.39 is 17.7 Å². The third-order valence-corrected chi connectivity index (χ3v) is 18.6. The number of pyridine rings is 3. The number of hydrogen-bond donors (Lipinski definition) is 10. The summed E-state index contributed by atoms with van der Waals surface area (Å²) in [6.07, 6.45) is 13.6. The first kappa shape index (κ1) is 75.7. The summed E-state index contributed by atoms with van der Waals surface area (Å²) in [6.45, 7) is 20.4. The van der Waals surface area contributed by atoms with Crippen LogP contribution in [0.25, 0.3) is 66.5 Å². The summed E-state index contributed by atoms with van der Waals surface area (Å²) in [6, 6.07) is 44.2. The van der Waals surface area contributed by atoms with Gasteiger partial charge in [-0.25, -0.2) is 29.9 Å². The van der Waals surface area contributed by atoms with Gasteiger partial charge >= 0.3 is 0 Å². The summed E-state index contributed by atoms with van der Waals surface area (Å²) in [5.41, 5.74) is 30.6. The SMILES string of the molecule is C=CC(=O)Nc1ccnc(-c2cccc3cnc(Nc4ccc(N5CCN(C)CC5)cc4C(N)=O)nc23)c1.C=CC(=O)Nc1ccnc(-c2cccc3cnc(Nc4ccc(N5CCNCC5)cc4C(N)=O)nc23)c1.C=CC(=O)Nc1ccnc(-c2cccc3cnc(Nc4ccc(N5CCOCC5)cc4C(N)=O)nc23)c1. The molecular weight excluding hydrogens is 1420 g/mol. The molecule has 0 atom stereocenters. The van der Waals surface area contributed by atoms with Crippen molar-refractivity contribution in [3.8, 4) is 33.8 Å². The maximum absolute atomic E-state index is 12.4. The number of para-hydroxylation sites is 3. The molecule has 6 amide bonds. The van der Waals surface area contributed by atoms with Crippen LogP contribution in [0.15, 0.2) is 221 Å². The lowest BCUT2D eigenvalue weighted by atomic mass is 10.1. The standard InChI is InChI=1S/C28H28N8O2.C27H26N8O2.C27H25N7O3/c1-3-25(37)32-19-9-10-30-24(15-19)21-6-4-5-18-17-31-28(34-26(18)21)33-23-8-7-20(16-22(23)27(29)38)36-13-11-35(2)12-14-36;1-2-24(36)32-18-8-9-30-23(14-18)20-5-3-4-17-16-31-27(34-25(17)20)33-22-7-6-19(15-21(22)26(28)37)35-12-10-29-11-13-35;1-2-24(35)31-18-8-9-29-23(14-18)20-5-3-4-17-16-30-27(33-25(17)20)32-22-7-6-19(15-21(22)26(28)36)34-10-12-37-13-11-34/h3-10,15-17H,1,11-14H2,2H3,(H2,29,38)(H,30,32,37)(H,31,33,34);2-9,14-16,29H,1,10-13H2,(H2,28,37)(H,30,32,36)(H,31,33,34);2-9,14-16H,1,10-13H2,(H2,28,36)(H,29,31,35)(H,30,32,33). The number of nitrogens with one attached hydrogen (secondary N) is 7. The summed E-state index contributed by atoms with van der Waals surface area (Å²) in [4.78, 5) is 122. The first-order valence-corrected chi connectivity index (χ1v) is 35.8. The number of nitrogens with zero attached hydrogens (tertiary/aromatic N) is 13. The topological polar surface area (TPSA) is 403 Å². The van der Waals surface area contributed by atoms with Gasteiger partial charge in [-0.1, -0.05) is 74.3 Å². The van der Waals surface area contributed by atoms with E-state index in [2.05, 4.69) is 114 Å². The van der Waals surface area contributed by atoms with Gasteiger partial charge in [0.15, 0.2) is 0 Å². The zero-order chi connectivity index (χ0) is 78.2. The molecule has 3 aliphatic heterocycles. The third kappa shape index (κ3) is 18.4. The van der Waals surface area contributed by atoms with Gasteiger partial charge in [-0.2, -0.15) is 0 Å². The number of rotatable bonds is 21. The molecule has 15 rings (SSSR count). The van der Waals surface area contributed by atoms with E-state index in [-0.39, 0.29) is 17.7 Å². The Balaban J connectivity index is 0.000000147. The average Bonchev–Trinajstić information content (AvgIpc) is 0.798. The Labute approximate surface area is 643 Å². The number of ether oxygens (including phenoxy) is 1. The molecule has 30 heteroatoms. The van der Waals surface area contributed by atoms with E-state index in [1.807, 2.05) is 91.0 Å². The van der Waals surface area contributed by atoms with Gasteiger partial charge in [0.05, 0.1) is 80.6 Å². The van der Waals surface area contributed by atoms with Gasteiger partial charge in [-0.3, -0.25) is 43.7 Å². The number of piperazine rings is 2. The third-order valence-electron chi connectivity index (χ3n) is 18.6. The number of morpholine rings is 1. The molecule has 9 heterocycles. The van der Waals surface area contributed by atoms with Crippen molar-refractivity contribution in [2.45, 2.75) is 0 Å². The molecule has 0 unspecified atom stereocenters. The highest BCUT2D eigenvalue weighted by Gasteiger charge is 2.23. The fraction of sp³-hybridized carbons (Fsp3) is 0.159. The van der Waals surface area contributed by atoms with Crippen LogP contribution in [0.1, 0.15) is 31.1 Å². The Kier molecular flexibility index (Phi) is 23.7. The van der Waals surface area contributed by atoms with Crippen LogP contribution < -0.4 is 69.1 Å². The van der Waals surface area contributed by atoms with Crippen molar-refractivity contribution in [2.24, 2.45) is 17.2 Å². The molecule has 0 bridgehead atoms. The second-order valence-corrected chi connectivity index (χ2v) is 26.0. The van der Waals surface area contributed by atoms with Gasteiger partial charge < -0.3 is 78.8 Å². The Morgan fingerprint density at radius 3 is 1.07 bits per heavy atom. The molecule has 564 valence electrons. The summed E-state index contributed by atoms with van der Waals surface area (Å²) >= 11 is 0. The van der Waals surface area contributed by atoms with Crippen molar-refractivity contribution in [3.05, 3.63) is 237 Å². The molecule has 3 aliphatic rings. The van der Waals surface area contributed by atoms with Crippen LogP contribution in [0.3, 0.4) is 0 Å². The molecule has 13 N–H and O–H groups in total. The molecular formula is C82H79N23O7. The van der Waals surface area contributed by atoms with Crippen molar-refractivity contribution in [1.82, 2.24) is 55.1 Å². The summed E-state index contributed by atoms with van der Waals surface area (Å²) in [7, 11) is 2.10. The summed E-state index contributed by atoms with van der Waals surface area (Å²) < 4.78 is 5.42. The van der Waals surface area contributed by atoms with E-state index in [1.165, 1.54) is 18.2 Å². The Bertz CT molecular complexity index is 5380. The number of carbonyl (C=O) groups is 6. The number of benzene rings is 6. The minimum Gasteiger partial charge on any atom is -0.378 e. The number of anilines is 12. The minimum atomic E-state index is -0.554. The second-order valence-electron chi connectivity index (χ2n) is 26.0. The van der Waals surface area contributed by atoms with E-state index in [1.54, 1.807) is 91.8 Å². The number of carbonyl (C=O) groups excluding carboxylic acids is 6. The van der Waals surface area contributed by atoms with Gasteiger partial charge in [0.1, 0.15) is 0 Å². The fourth-order valence-electron chi connectivity index (χ4n) is 12.8. The molecule has 3 fully saturated rings. The van der Waals surface area contributed by atoms with E-state index in [0.717, 1.165) is 115 Å². The highest BCUT2D eigenvalue weighted by molar-refractivity contribution is 6.05. The number of aromatic nitrogens is 9. The van der Waals surface area contributed by atoms with Crippen LogP contribution >= 0.6 is 0 Å². The second kappa shape index (κ2) is 35.0. The monoisotopic (exact) mass is 1500 g/mol. The van der Waals surface area contributed by atoms with Crippen LogP contribution in [0.2, 0.25) is 0 Å². The van der Waals surface area contributed by atoms with Gasteiger partial charge in [-0.15, -0.1) is 0 Å². The predicted molar refractivity (Wildman–Crippen MR) is 437 cm³/mol. The lowest BCUT2D eigenvalue weighted by molar-refractivity contribution is -0.112. The van der Waals surface area contributed by atoms with Crippen molar-refractivity contribution in [3.63, 3.8) is 0 Å². The van der Waals surface area contributed by atoms with Crippen LogP contribution in [-0.4, -0.2) is 171 Å². The number of likely N-dealkylation sites (N-methyl/N-ethyl adjacent to an activating group) is 1. The maximum Gasteiger partial charge on any atom is 0.250 e. The molecule has 30 nitrogen and oxygen atoms in total. The smallest absolute Gasteiger partial charge is 0.250 e. The molecule has 12 aromatic rings. The summed E-state index contributed by atoms with van der Waals surface area (Å²) in [5, 5.41) is 23.5. The molecule has 6 aromatic carbocycles. The maximum atomic E-state index is 12.4. The molecule has 6 aromatic heterocycles. The first-order valence-electron chi connectivity index (χ1n) is 35.8. The molecule has 0 aliphatic carbocycles. The first-order chi connectivity index (χ1) is 54.4. The van der Waals surface area contributed by atoms with Crippen LogP contribution in [0.4, 0.5) is 69.0 Å². The van der Waals surface area contributed by atoms with Gasteiger partial charge in [-0.05, 0) is 116 Å². The molecule has 0 radical (unpaired) electrons. The number of nitrogens with two attached hydrogens (primary N) is 3. The van der Waals surface area contributed by atoms with E-state index in [9.17, 15) is 28.8 Å². The quantitative estimate of drug-likeness (QED) is 0.0299.